The molecule has 0 aliphatic heterocycles. The van der Waals surface area contributed by atoms with Gasteiger partial charge in [-0.1, -0.05) is 13.8 Å². The van der Waals surface area contributed by atoms with Gasteiger partial charge in [-0.2, -0.15) is 5.10 Å². The van der Waals surface area contributed by atoms with E-state index in [0.29, 0.717) is 24.3 Å². The number of hydrogen-bond donors (Lipinski definition) is 3. The number of aliphatic hydroxyl groups is 1. The molecule has 1 amide bonds. The normalized spacial score (nSPS) is 12.5. The molecule has 0 saturated heterocycles. The van der Waals surface area contributed by atoms with Crippen LogP contribution in [0.3, 0.4) is 0 Å². The standard InChI is InChI=1S/C11H20N4O2/c1-4-8-9(12)10(15(3)14-8)11(17)13-5-7(2)6-16/h7,16H,4-6,12H2,1-3H3,(H,13,17). The minimum absolute atomic E-state index is 0.0269. The minimum Gasteiger partial charge on any atom is -0.396 e. The summed E-state index contributed by atoms with van der Waals surface area (Å²) in [5, 5.41) is 15.8. The monoisotopic (exact) mass is 240 g/mol. The predicted molar refractivity (Wildman–Crippen MR) is 65.6 cm³/mol. The first-order valence-corrected chi connectivity index (χ1v) is 5.71. The summed E-state index contributed by atoms with van der Waals surface area (Å²) >= 11 is 0. The Morgan fingerprint density at radius 3 is 2.76 bits per heavy atom. The van der Waals surface area contributed by atoms with E-state index in [4.69, 9.17) is 10.8 Å². The molecule has 1 aromatic heterocycles. The first-order valence-electron chi connectivity index (χ1n) is 5.71. The zero-order valence-electron chi connectivity index (χ0n) is 10.5. The van der Waals surface area contributed by atoms with Crippen LogP contribution in [0.25, 0.3) is 0 Å². The maximum absolute atomic E-state index is 11.9. The number of nitrogen functional groups attached to an aromatic ring is 1. The number of nitrogens with two attached hydrogens (primary N) is 1. The van der Waals surface area contributed by atoms with E-state index in [1.54, 1.807) is 7.05 Å². The van der Waals surface area contributed by atoms with E-state index in [9.17, 15) is 4.79 Å². The van der Waals surface area contributed by atoms with Crippen molar-refractivity contribution in [2.45, 2.75) is 20.3 Å². The van der Waals surface area contributed by atoms with Gasteiger partial charge in [0.15, 0.2) is 0 Å². The van der Waals surface area contributed by atoms with Crippen molar-refractivity contribution in [3.63, 3.8) is 0 Å². The molecule has 96 valence electrons. The molecule has 1 unspecified atom stereocenters. The van der Waals surface area contributed by atoms with Gasteiger partial charge < -0.3 is 16.2 Å². The average molecular weight is 240 g/mol. The first-order chi connectivity index (χ1) is 8.01. The summed E-state index contributed by atoms with van der Waals surface area (Å²) in [6.45, 7) is 4.25. The van der Waals surface area contributed by atoms with E-state index >= 15 is 0 Å². The molecule has 4 N–H and O–H groups in total. The molecule has 0 saturated carbocycles. The second kappa shape index (κ2) is 5.67. The number of aromatic nitrogens is 2. The van der Waals surface area contributed by atoms with Crippen LogP contribution in [0.4, 0.5) is 5.69 Å². The summed E-state index contributed by atoms with van der Waals surface area (Å²) in [4.78, 5) is 11.9. The van der Waals surface area contributed by atoms with Crippen molar-refractivity contribution in [1.82, 2.24) is 15.1 Å². The fourth-order valence-corrected chi connectivity index (χ4v) is 1.54. The van der Waals surface area contributed by atoms with Gasteiger partial charge in [0.05, 0.1) is 11.4 Å². The molecule has 0 aliphatic rings. The van der Waals surface area contributed by atoms with Crippen molar-refractivity contribution in [2.75, 3.05) is 18.9 Å². The molecule has 0 spiro atoms. The summed E-state index contributed by atoms with van der Waals surface area (Å²) in [7, 11) is 1.69. The average Bonchev–Trinajstić information content (AvgIpc) is 2.60. The van der Waals surface area contributed by atoms with E-state index < -0.39 is 0 Å². The highest BCUT2D eigenvalue weighted by atomic mass is 16.3. The van der Waals surface area contributed by atoms with Gasteiger partial charge in [-0.05, 0) is 12.3 Å². The van der Waals surface area contributed by atoms with Crippen molar-refractivity contribution in [3.8, 4) is 0 Å². The third-order valence-corrected chi connectivity index (χ3v) is 2.63. The Bertz CT molecular complexity index is 400. The molecule has 6 heteroatoms. The van der Waals surface area contributed by atoms with Crippen LogP contribution in [0.1, 0.15) is 30.0 Å². The third-order valence-electron chi connectivity index (χ3n) is 2.63. The minimum atomic E-state index is -0.252. The van der Waals surface area contributed by atoms with Crippen molar-refractivity contribution in [3.05, 3.63) is 11.4 Å². The summed E-state index contributed by atoms with van der Waals surface area (Å²) in [5.41, 5.74) is 7.41. The Kier molecular flexibility index (Phi) is 4.51. The Labute approximate surface area is 101 Å². The highest BCUT2D eigenvalue weighted by molar-refractivity contribution is 5.97. The number of nitrogens with zero attached hydrogens (tertiary/aromatic N) is 2. The fourth-order valence-electron chi connectivity index (χ4n) is 1.54. The van der Waals surface area contributed by atoms with Gasteiger partial charge in [-0.15, -0.1) is 0 Å². The van der Waals surface area contributed by atoms with Gasteiger partial charge >= 0.3 is 0 Å². The van der Waals surface area contributed by atoms with Crippen molar-refractivity contribution >= 4 is 11.6 Å². The predicted octanol–water partition coefficient (Wildman–Crippen LogP) is -0.0771. The van der Waals surface area contributed by atoms with Crippen LogP contribution in [0.5, 0.6) is 0 Å². The Morgan fingerprint density at radius 1 is 1.65 bits per heavy atom. The Balaban J connectivity index is 2.78. The molecule has 17 heavy (non-hydrogen) atoms. The molecule has 0 aliphatic carbocycles. The molecule has 1 atom stereocenters. The highest BCUT2D eigenvalue weighted by Gasteiger charge is 2.19. The second-order valence-corrected chi connectivity index (χ2v) is 4.18. The molecule has 0 fully saturated rings. The quantitative estimate of drug-likeness (QED) is 0.671. The summed E-state index contributed by atoms with van der Waals surface area (Å²) in [5.74, 6) is -0.225. The molecule has 0 aromatic carbocycles. The lowest BCUT2D eigenvalue weighted by atomic mass is 10.2. The maximum Gasteiger partial charge on any atom is 0.271 e. The molecular formula is C11H20N4O2. The smallest absolute Gasteiger partial charge is 0.271 e. The van der Waals surface area contributed by atoms with Crippen LogP contribution in [0, 0.1) is 5.92 Å². The molecule has 0 radical (unpaired) electrons. The van der Waals surface area contributed by atoms with Gasteiger partial charge in [0.2, 0.25) is 0 Å². The van der Waals surface area contributed by atoms with Gasteiger partial charge in [-0.3, -0.25) is 9.48 Å². The van der Waals surface area contributed by atoms with E-state index in [2.05, 4.69) is 10.4 Å². The van der Waals surface area contributed by atoms with Crippen LogP contribution in [-0.2, 0) is 13.5 Å². The molecule has 1 aromatic rings. The van der Waals surface area contributed by atoms with E-state index in [1.165, 1.54) is 4.68 Å². The van der Waals surface area contributed by atoms with Crippen LogP contribution in [-0.4, -0.2) is 33.9 Å². The van der Waals surface area contributed by atoms with Gasteiger partial charge in [-0.25, -0.2) is 0 Å². The van der Waals surface area contributed by atoms with E-state index in [-0.39, 0.29) is 18.4 Å². The molecule has 1 heterocycles. The Morgan fingerprint density at radius 2 is 2.29 bits per heavy atom. The zero-order chi connectivity index (χ0) is 13.0. The summed E-state index contributed by atoms with van der Waals surface area (Å²) in [6, 6.07) is 0. The highest BCUT2D eigenvalue weighted by Crippen LogP contribution is 2.16. The number of aryl methyl sites for hydroxylation is 2. The van der Waals surface area contributed by atoms with Gasteiger partial charge in [0.1, 0.15) is 5.69 Å². The lowest BCUT2D eigenvalue weighted by Gasteiger charge is -2.10. The SMILES string of the molecule is CCc1nn(C)c(C(=O)NCC(C)CO)c1N. The lowest BCUT2D eigenvalue weighted by molar-refractivity contribution is 0.0934. The van der Waals surface area contributed by atoms with E-state index in [1.807, 2.05) is 13.8 Å². The van der Waals surface area contributed by atoms with Crippen LogP contribution in [0.2, 0.25) is 0 Å². The maximum atomic E-state index is 11.9. The summed E-state index contributed by atoms with van der Waals surface area (Å²) in [6.07, 6.45) is 0.694. The van der Waals surface area contributed by atoms with Crippen molar-refractivity contribution in [1.29, 1.82) is 0 Å². The number of anilines is 1. The molecule has 6 nitrogen and oxygen atoms in total. The number of nitrogens with one attached hydrogen (secondary N) is 1. The molecule has 1 rings (SSSR count). The third kappa shape index (κ3) is 2.97. The fraction of sp³-hybridized carbons (Fsp3) is 0.636. The lowest BCUT2D eigenvalue weighted by Crippen LogP contribution is -2.31. The topological polar surface area (TPSA) is 93.2 Å². The number of hydrogen-bond acceptors (Lipinski definition) is 4. The van der Waals surface area contributed by atoms with Crippen LogP contribution >= 0.6 is 0 Å². The van der Waals surface area contributed by atoms with Crippen molar-refractivity contribution in [2.24, 2.45) is 13.0 Å². The molecular weight excluding hydrogens is 220 g/mol. The zero-order valence-corrected chi connectivity index (χ0v) is 10.5. The Hall–Kier alpha value is -1.56. The second-order valence-electron chi connectivity index (χ2n) is 4.18. The van der Waals surface area contributed by atoms with Gasteiger partial charge in [0.25, 0.3) is 5.91 Å². The van der Waals surface area contributed by atoms with Crippen LogP contribution in [0.15, 0.2) is 0 Å². The van der Waals surface area contributed by atoms with E-state index in [0.717, 1.165) is 5.69 Å². The summed E-state index contributed by atoms with van der Waals surface area (Å²) < 4.78 is 1.49. The number of amides is 1. The number of aliphatic hydroxyl groups excluding tert-OH is 1. The van der Waals surface area contributed by atoms with Crippen LogP contribution < -0.4 is 11.1 Å². The van der Waals surface area contributed by atoms with Gasteiger partial charge in [0, 0.05) is 20.2 Å². The van der Waals surface area contributed by atoms with Crippen molar-refractivity contribution < 1.29 is 9.90 Å². The molecule has 0 bridgehead atoms. The number of carbonyl (C=O) groups is 1. The largest absolute Gasteiger partial charge is 0.396 e. The number of rotatable bonds is 5. The first kappa shape index (κ1) is 13.5. The number of carbonyl (C=O) groups excluding carboxylic acids is 1.